The maximum atomic E-state index is 4.27. The van der Waals surface area contributed by atoms with E-state index in [9.17, 15) is 0 Å². The molecule has 0 aliphatic heterocycles. The van der Waals surface area contributed by atoms with E-state index in [1.807, 2.05) is 12.5 Å². The summed E-state index contributed by atoms with van der Waals surface area (Å²) in [7, 11) is 0. The van der Waals surface area contributed by atoms with Gasteiger partial charge < -0.3 is 9.88 Å². The Bertz CT molecular complexity index is 298. The first-order valence-corrected chi connectivity index (χ1v) is 6.01. The lowest BCUT2D eigenvalue weighted by atomic mass is 10.2. The largest absolute Gasteiger partial charge is 0.330 e. The van der Waals surface area contributed by atoms with Gasteiger partial charge in [-0.25, -0.2) is 4.98 Å². The second-order valence-electron chi connectivity index (χ2n) is 4.77. The first-order chi connectivity index (χ1) is 7.27. The van der Waals surface area contributed by atoms with Crippen molar-refractivity contribution in [3.05, 3.63) is 18.2 Å². The van der Waals surface area contributed by atoms with E-state index < -0.39 is 0 Å². The third kappa shape index (κ3) is 2.59. The van der Waals surface area contributed by atoms with Crippen molar-refractivity contribution in [1.82, 2.24) is 14.9 Å². The molecule has 0 unspecified atom stereocenters. The van der Waals surface area contributed by atoms with Gasteiger partial charge >= 0.3 is 0 Å². The van der Waals surface area contributed by atoms with Gasteiger partial charge in [-0.1, -0.05) is 26.7 Å². The molecule has 15 heavy (non-hydrogen) atoms. The summed E-state index contributed by atoms with van der Waals surface area (Å²) in [5.74, 6) is 0. The molecule has 0 amide bonds. The second-order valence-corrected chi connectivity index (χ2v) is 4.77. The quantitative estimate of drug-likeness (QED) is 0.822. The number of nitrogens with zero attached hydrogens (tertiary/aromatic N) is 2. The SMILES string of the molecule is CC(C)NCc1cncn1C1CCCC1. The summed E-state index contributed by atoms with van der Waals surface area (Å²) in [6.45, 7) is 5.29. The summed E-state index contributed by atoms with van der Waals surface area (Å²) in [6, 6.07) is 1.24. The van der Waals surface area contributed by atoms with E-state index in [1.54, 1.807) is 0 Å². The lowest BCUT2D eigenvalue weighted by Gasteiger charge is -2.16. The normalized spacial score (nSPS) is 17.8. The van der Waals surface area contributed by atoms with Gasteiger partial charge in [0.1, 0.15) is 0 Å². The molecule has 84 valence electrons. The maximum Gasteiger partial charge on any atom is 0.0951 e. The lowest BCUT2D eigenvalue weighted by Crippen LogP contribution is -2.24. The smallest absolute Gasteiger partial charge is 0.0951 e. The van der Waals surface area contributed by atoms with Crippen LogP contribution in [-0.2, 0) is 6.54 Å². The van der Waals surface area contributed by atoms with E-state index in [2.05, 4.69) is 28.7 Å². The molecule has 1 aromatic rings. The molecule has 2 rings (SSSR count). The zero-order chi connectivity index (χ0) is 10.7. The summed E-state index contributed by atoms with van der Waals surface area (Å²) in [4.78, 5) is 4.27. The molecular formula is C12H21N3. The molecule has 3 nitrogen and oxygen atoms in total. The van der Waals surface area contributed by atoms with Gasteiger partial charge in [-0.05, 0) is 12.8 Å². The second kappa shape index (κ2) is 4.79. The number of imidazole rings is 1. The first-order valence-electron chi connectivity index (χ1n) is 6.01. The van der Waals surface area contributed by atoms with Gasteiger partial charge in [0.15, 0.2) is 0 Å². The summed E-state index contributed by atoms with van der Waals surface area (Å²) in [5, 5.41) is 3.45. The van der Waals surface area contributed by atoms with E-state index >= 15 is 0 Å². The highest BCUT2D eigenvalue weighted by Crippen LogP contribution is 2.30. The number of nitrogens with one attached hydrogen (secondary N) is 1. The van der Waals surface area contributed by atoms with Crippen molar-refractivity contribution in [3.8, 4) is 0 Å². The van der Waals surface area contributed by atoms with E-state index in [0.717, 1.165) is 6.54 Å². The van der Waals surface area contributed by atoms with Crippen LogP contribution in [0.1, 0.15) is 51.3 Å². The van der Waals surface area contributed by atoms with Crippen LogP contribution in [0.2, 0.25) is 0 Å². The van der Waals surface area contributed by atoms with Crippen LogP contribution in [0.5, 0.6) is 0 Å². The van der Waals surface area contributed by atoms with Crippen molar-refractivity contribution in [1.29, 1.82) is 0 Å². The Morgan fingerprint density at radius 3 is 2.87 bits per heavy atom. The van der Waals surface area contributed by atoms with Crippen molar-refractivity contribution in [2.24, 2.45) is 0 Å². The summed E-state index contributed by atoms with van der Waals surface area (Å²) >= 11 is 0. The molecule has 0 bridgehead atoms. The third-order valence-corrected chi connectivity index (χ3v) is 3.16. The molecular weight excluding hydrogens is 186 g/mol. The fraction of sp³-hybridized carbons (Fsp3) is 0.750. The molecule has 3 heteroatoms. The number of rotatable bonds is 4. The fourth-order valence-electron chi connectivity index (χ4n) is 2.29. The zero-order valence-corrected chi connectivity index (χ0v) is 9.74. The van der Waals surface area contributed by atoms with Crippen LogP contribution in [0.4, 0.5) is 0 Å². The third-order valence-electron chi connectivity index (χ3n) is 3.16. The van der Waals surface area contributed by atoms with Crippen LogP contribution in [-0.4, -0.2) is 15.6 Å². The number of aromatic nitrogens is 2. The minimum absolute atomic E-state index is 0.539. The predicted molar refractivity (Wildman–Crippen MR) is 61.7 cm³/mol. The Kier molecular flexibility index (Phi) is 3.41. The minimum atomic E-state index is 0.539. The summed E-state index contributed by atoms with van der Waals surface area (Å²) < 4.78 is 2.36. The highest BCUT2D eigenvalue weighted by molar-refractivity contribution is 5.01. The Labute approximate surface area is 91.9 Å². The maximum absolute atomic E-state index is 4.27. The molecule has 0 aromatic carbocycles. The Morgan fingerprint density at radius 2 is 2.20 bits per heavy atom. The molecule has 0 atom stereocenters. The van der Waals surface area contributed by atoms with Gasteiger partial charge in [-0.2, -0.15) is 0 Å². The Hall–Kier alpha value is -0.830. The Balaban J connectivity index is 2.01. The predicted octanol–water partition coefficient (Wildman–Crippen LogP) is 2.50. The van der Waals surface area contributed by atoms with Crippen LogP contribution >= 0.6 is 0 Å². The number of hydrogen-bond acceptors (Lipinski definition) is 2. The fourth-order valence-corrected chi connectivity index (χ4v) is 2.29. The highest BCUT2D eigenvalue weighted by Gasteiger charge is 2.18. The molecule has 1 aromatic heterocycles. The first kappa shape index (κ1) is 10.7. The molecule has 0 spiro atoms. The van der Waals surface area contributed by atoms with Gasteiger partial charge in [0.05, 0.1) is 12.0 Å². The molecule has 1 aliphatic rings. The number of hydrogen-bond donors (Lipinski definition) is 1. The van der Waals surface area contributed by atoms with Crippen LogP contribution < -0.4 is 5.32 Å². The van der Waals surface area contributed by atoms with E-state index in [-0.39, 0.29) is 0 Å². The van der Waals surface area contributed by atoms with Gasteiger partial charge in [0.2, 0.25) is 0 Å². The van der Waals surface area contributed by atoms with Crippen molar-refractivity contribution in [2.75, 3.05) is 0 Å². The highest BCUT2D eigenvalue weighted by atomic mass is 15.1. The van der Waals surface area contributed by atoms with E-state index in [4.69, 9.17) is 0 Å². The van der Waals surface area contributed by atoms with Crippen molar-refractivity contribution in [2.45, 2.75) is 58.2 Å². The van der Waals surface area contributed by atoms with E-state index in [0.29, 0.717) is 12.1 Å². The molecule has 1 saturated carbocycles. The molecule has 1 aliphatic carbocycles. The molecule has 1 fully saturated rings. The average Bonchev–Trinajstić information content (AvgIpc) is 2.85. The van der Waals surface area contributed by atoms with Gasteiger partial charge in [0.25, 0.3) is 0 Å². The van der Waals surface area contributed by atoms with Crippen molar-refractivity contribution < 1.29 is 0 Å². The standard InChI is InChI=1S/C12H21N3/c1-10(2)14-8-12-7-13-9-15(12)11-5-3-4-6-11/h7,9-11,14H,3-6,8H2,1-2H3. The molecule has 0 radical (unpaired) electrons. The van der Waals surface area contributed by atoms with Crippen LogP contribution in [0.15, 0.2) is 12.5 Å². The Morgan fingerprint density at radius 1 is 1.47 bits per heavy atom. The van der Waals surface area contributed by atoms with Crippen LogP contribution in [0.3, 0.4) is 0 Å². The summed E-state index contributed by atoms with van der Waals surface area (Å²) in [6.07, 6.45) is 9.39. The minimum Gasteiger partial charge on any atom is -0.330 e. The van der Waals surface area contributed by atoms with Gasteiger partial charge in [-0.15, -0.1) is 0 Å². The van der Waals surface area contributed by atoms with Crippen LogP contribution in [0, 0.1) is 0 Å². The van der Waals surface area contributed by atoms with Gasteiger partial charge in [0, 0.05) is 24.8 Å². The molecule has 1 heterocycles. The topological polar surface area (TPSA) is 29.9 Å². The monoisotopic (exact) mass is 207 g/mol. The van der Waals surface area contributed by atoms with Gasteiger partial charge in [-0.3, -0.25) is 0 Å². The van der Waals surface area contributed by atoms with Crippen molar-refractivity contribution >= 4 is 0 Å². The van der Waals surface area contributed by atoms with E-state index in [1.165, 1.54) is 31.4 Å². The van der Waals surface area contributed by atoms with Crippen molar-refractivity contribution in [3.63, 3.8) is 0 Å². The lowest BCUT2D eigenvalue weighted by molar-refractivity contribution is 0.480. The molecule has 1 N–H and O–H groups in total. The molecule has 0 saturated heterocycles. The summed E-state index contributed by atoms with van der Waals surface area (Å²) in [5.41, 5.74) is 1.33. The van der Waals surface area contributed by atoms with Crippen LogP contribution in [0.25, 0.3) is 0 Å². The average molecular weight is 207 g/mol. The zero-order valence-electron chi connectivity index (χ0n) is 9.74.